The van der Waals surface area contributed by atoms with Crippen LogP contribution in [0.15, 0.2) is 29.3 Å². The fourth-order valence-corrected chi connectivity index (χ4v) is 3.96. The van der Waals surface area contributed by atoms with Crippen LogP contribution in [0.5, 0.6) is 0 Å². The average Bonchev–Trinajstić information content (AvgIpc) is 2.59. The van der Waals surface area contributed by atoms with E-state index in [1.54, 1.807) is 0 Å². The summed E-state index contributed by atoms with van der Waals surface area (Å²) in [7, 11) is 0. The fourth-order valence-electron chi connectivity index (χ4n) is 3.18. The van der Waals surface area contributed by atoms with Gasteiger partial charge in [0, 0.05) is 11.1 Å². The van der Waals surface area contributed by atoms with Crippen LogP contribution in [0.4, 0.5) is 0 Å². The second kappa shape index (κ2) is 7.06. The first kappa shape index (κ1) is 16.5. The molecule has 5 heteroatoms. The molecular formula is C19H20N3OS+. The predicted octanol–water partition coefficient (Wildman–Crippen LogP) is 2.80. The molecule has 0 radical (unpaired) electrons. The molecule has 1 aromatic carbocycles. The molecule has 24 heavy (non-hydrogen) atoms. The quantitative estimate of drug-likeness (QED) is 0.870. The lowest BCUT2D eigenvalue weighted by molar-refractivity contribution is -0.415. The van der Waals surface area contributed by atoms with Gasteiger partial charge < -0.3 is 5.73 Å². The lowest BCUT2D eigenvalue weighted by Crippen LogP contribution is -2.22. The highest BCUT2D eigenvalue weighted by Crippen LogP contribution is 2.34. The maximum absolute atomic E-state index is 11.2. The third kappa shape index (κ3) is 3.29. The molecule has 0 spiro atoms. The van der Waals surface area contributed by atoms with E-state index in [0.29, 0.717) is 5.56 Å². The van der Waals surface area contributed by atoms with Crippen LogP contribution in [0.25, 0.3) is 11.3 Å². The Morgan fingerprint density at radius 2 is 1.92 bits per heavy atom. The van der Waals surface area contributed by atoms with E-state index in [4.69, 9.17) is 5.73 Å². The van der Waals surface area contributed by atoms with E-state index in [0.717, 1.165) is 47.5 Å². The molecule has 0 fully saturated rings. The Morgan fingerprint density at radius 1 is 1.25 bits per heavy atom. The van der Waals surface area contributed by atoms with Crippen LogP contribution in [0.2, 0.25) is 0 Å². The molecule has 0 aliphatic heterocycles. The number of carbonyl (C=O) groups is 1. The highest BCUT2D eigenvalue weighted by atomic mass is 32.2. The number of fused-ring (bicyclic) bond motifs is 1. The molecule has 0 saturated heterocycles. The smallest absolute Gasteiger partial charge is 0.257 e. The summed E-state index contributed by atoms with van der Waals surface area (Å²) in [6, 6.07) is 10.7. The minimum Gasteiger partial charge on any atom is -0.369 e. The molecule has 1 amide bonds. The van der Waals surface area contributed by atoms with E-state index in [2.05, 4.69) is 42.2 Å². The van der Waals surface area contributed by atoms with E-state index in [1.807, 2.05) is 0 Å². The molecule has 0 saturated carbocycles. The molecule has 3 rings (SSSR count). The molecule has 3 N–H and O–H groups in total. The van der Waals surface area contributed by atoms with Crippen LogP contribution in [-0.2, 0) is 17.6 Å². The minimum atomic E-state index is -0.383. The maximum Gasteiger partial charge on any atom is 0.257 e. The number of rotatable bonds is 4. The van der Waals surface area contributed by atoms with Crippen LogP contribution < -0.4 is 10.7 Å². The van der Waals surface area contributed by atoms with Gasteiger partial charge >= 0.3 is 0 Å². The molecule has 1 aliphatic carbocycles. The molecule has 0 bridgehead atoms. The van der Waals surface area contributed by atoms with Gasteiger partial charge in [0.25, 0.3) is 5.03 Å². The topological polar surface area (TPSA) is 81.0 Å². The number of aryl methyl sites for hydroxylation is 1. The van der Waals surface area contributed by atoms with Gasteiger partial charge in [-0.15, -0.1) is 0 Å². The van der Waals surface area contributed by atoms with Crippen LogP contribution in [-0.4, -0.2) is 11.7 Å². The number of aromatic amines is 1. The Balaban J connectivity index is 2.16. The summed E-state index contributed by atoms with van der Waals surface area (Å²) in [6.07, 6.45) is 4.12. The number of nitrogens with zero attached hydrogens (tertiary/aromatic N) is 1. The van der Waals surface area contributed by atoms with Crippen molar-refractivity contribution in [3.8, 4) is 17.3 Å². The molecule has 4 nitrogen and oxygen atoms in total. The third-order valence-electron chi connectivity index (χ3n) is 4.35. The van der Waals surface area contributed by atoms with Crippen molar-refractivity contribution in [3.05, 3.63) is 46.5 Å². The van der Waals surface area contributed by atoms with Crippen LogP contribution in [0, 0.1) is 18.3 Å². The minimum absolute atomic E-state index is 0.164. The van der Waals surface area contributed by atoms with E-state index in [9.17, 15) is 10.1 Å². The number of hydrogen-bond acceptors (Lipinski definition) is 3. The summed E-state index contributed by atoms with van der Waals surface area (Å²) < 4.78 is 0. The molecule has 2 aromatic rings. The first-order chi connectivity index (χ1) is 11.6. The van der Waals surface area contributed by atoms with Crippen molar-refractivity contribution in [1.29, 1.82) is 5.26 Å². The van der Waals surface area contributed by atoms with Crippen molar-refractivity contribution < 1.29 is 9.78 Å². The van der Waals surface area contributed by atoms with Gasteiger partial charge in [0.2, 0.25) is 11.6 Å². The van der Waals surface area contributed by atoms with Gasteiger partial charge in [0.05, 0.1) is 5.75 Å². The van der Waals surface area contributed by atoms with E-state index >= 15 is 0 Å². The Hall–Kier alpha value is -2.32. The zero-order chi connectivity index (χ0) is 17.1. The lowest BCUT2D eigenvalue weighted by atomic mass is 9.86. The van der Waals surface area contributed by atoms with E-state index in [1.165, 1.54) is 22.9 Å². The number of primary amides is 1. The Labute approximate surface area is 146 Å². The zero-order valence-electron chi connectivity index (χ0n) is 13.7. The summed E-state index contributed by atoms with van der Waals surface area (Å²) in [6.45, 7) is 2.07. The normalized spacial score (nSPS) is 13.2. The largest absolute Gasteiger partial charge is 0.369 e. The summed E-state index contributed by atoms with van der Waals surface area (Å²) in [4.78, 5) is 14.6. The number of nitrogens with two attached hydrogens (primary N) is 1. The summed E-state index contributed by atoms with van der Waals surface area (Å²) in [5.41, 5.74) is 11.7. The first-order valence-electron chi connectivity index (χ1n) is 8.09. The van der Waals surface area contributed by atoms with Crippen LogP contribution in [0.1, 0.15) is 35.1 Å². The number of amides is 1. The number of H-pyrrole nitrogens is 1. The monoisotopic (exact) mass is 338 g/mol. The Morgan fingerprint density at radius 3 is 2.54 bits per heavy atom. The fraction of sp³-hybridized carbons (Fsp3) is 0.316. The molecule has 0 unspecified atom stereocenters. The second-order valence-electron chi connectivity index (χ2n) is 6.10. The van der Waals surface area contributed by atoms with Crippen molar-refractivity contribution in [2.45, 2.75) is 37.6 Å². The van der Waals surface area contributed by atoms with Gasteiger partial charge in [-0.2, -0.15) is 10.2 Å². The van der Waals surface area contributed by atoms with E-state index in [-0.39, 0.29) is 11.7 Å². The summed E-state index contributed by atoms with van der Waals surface area (Å²) in [5.74, 6) is -0.219. The number of carbonyl (C=O) groups excluding carboxylic acids is 1. The van der Waals surface area contributed by atoms with Crippen molar-refractivity contribution in [2.24, 2.45) is 5.73 Å². The van der Waals surface area contributed by atoms with Crippen LogP contribution >= 0.6 is 11.8 Å². The molecule has 1 aromatic heterocycles. The van der Waals surface area contributed by atoms with Gasteiger partial charge in [-0.3, -0.25) is 4.79 Å². The first-order valence-corrected chi connectivity index (χ1v) is 9.08. The van der Waals surface area contributed by atoms with Crippen molar-refractivity contribution in [3.63, 3.8) is 0 Å². The number of hydrogen-bond donors (Lipinski definition) is 1. The van der Waals surface area contributed by atoms with Crippen molar-refractivity contribution in [2.75, 3.05) is 5.75 Å². The maximum atomic E-state index is 11.2. The second-order valence-corrected chi connectivity index (χ2v) is 7.09. The predicted molar refractivity (Wildman–Crippen MR) is 94.4 cm³/mol. The number of nitrogens with one attached hydrogen (secondary N) is 1. The molecular weight excluding hydrogens is 318 g/mol. The molecule has 1 aliphatic rings. The highest BCUT2D eigenvalue weighted by Gasteiger charge is 2.28. The van der Waals surface area contributed by atoms with Crippen LogP contribution in [0.3, 0.4) is 0 Å². The third-order valence-corrected chi connectivity index (χ3v) is 5.37. The Bertz CT molecular complexity index is 822. The van der Waals surface area contributed by atoms with Gasteiger partial charge in [-0.05, 0) is 62.1 Å². The lowest BCUT2D eigenvalue weighted by Gasteiger charge is -2.18. The molecule has 0 atom stereocenters. The number of nitriles is 1. The standard InChI is InChI=1S/C19H19N3OS/c1-12-6-8-13(9-7-12)18-15-5-3-2-4-14(15)16(10-20)19(22-18)24-11-17(21)23/h6-9H,2-5,11H2,1H3,(H2,21,23)/p+1. The number of thioether (sulfide) groups is 1. The molecule has 1 heterocycles. The van der Waals surface area contributed by atoms with E-state index < -0.39 is 0 Å². The number of aromatic nitrogens is 1. The number of pyridine rings is 1. The van der Waals surface area contributed by atoms with Gasteiger partial charge in [0.15, 0.2) is 0 Å². The summed E-state index contributed by atoms with van der Waals surface area (Å²) in [5, 5.41) is 10.4. The summed E-state index contributed by atoms with van der Waals surface area (Å²) >= 11 is 1.31. The van der Waals surface area contributed by atoms with Crippen molar-refractivity contribution in [1.82, 2.24) is 0 Å². The average molecular weight is 338 g/mol. The Kier molecular flexibility index (Phi) is 4.86. The van der Waals surface area contributed by atoms with Gasteiger partial charge in [-0.25, -0.2) is 0 Å². The number of benzene rings is 1. The van der Waals surface area contributed by atoms with Crippen molar-refractivity contribution >= 4 is 17.7 Å². The highest BCUT2D eigenvalue weighted by molar-refractivity contribution is 7.99. The SMILES string of the molecule is Cc1ccc(-c2[nH+]c(SCC(N)=O)c(C#N)c3c2CCCC3)cc1. The van der Waals surface area contributed by atoms with Gasteiger partial charge in [0.1, 0.15) is 11.6 Å². The zero-order valence-corrected chi connectivity index (χ0v) is 14.5. The van der Waals surface area contributed by atoms with Gasteiger partial charge in [-0.1, -0.05) is 17.7 Å². The molecule has 122 valence electrons.